The Kier molecular flexibility index (Phi) is 5.51. The molecule has 0 amide bonds. The quantitative estimate of drug-likeness (QED) is 0.677. The molecule has 0 saturated heterocycles. The zero-order valence-electron chi connectivity index (χ0n) is 15.3. The summed E-state index contributed by atoms with van der Waals surface area (Å²) in [5.74, 6) is 0.156. The summed E-state index contributed by atoms with van der Waals surface area (Å²) >= 11 is 6.40. The molecule has 0 bridgehead atoms. The van der Waals surface area contributed by atoms with Crippen LogP contribution in [0.25, 0.3) is 10.9 Å². The Labute approximate surface area is 161 Å². The molecule has 0 aliphatic heterocycles. The Balaban J connectivity index is 2.05. The van der Waals surface area contributed by atoms with Crippen LogP contribution in [0.3, 0.4) is 0 Å². The van der Waals surface area contributed by atoms with Gasteiger partial charge in [-0.25, -0.2) is 4.79 Å². The topological polar surface area (TPSA) is 97.0 Å². The lowest BCUT2D eigenvalue weighted by molar-refractivity contribution is 0.603. The summed E-state index contributed by atoms with van der Waals surface area (Å²) in [6.07, 6.45) is 3.40. The summed E-state index contributed by atoms with van der Waals surface area (Å²) in [5, 5.41) is 1.52. The number of aromatic nitrogens is 3. The molecule has 0 unspecified atom stereocenters. The molecule has 0 fully saturated rings. The predicted octanol–water partition coefficient (Wildman–Crippen LogP) is 2.76. The van der Waals surface area contributed by atoms with Gasteiger partial charge in [0.2, 0.25) is 0 Å². The van der Waals surface area contributed by atoms with Crippen molar-refractivity contribution in [3.05, 3.63) is 61.9 Å². The van der Waals surface area contributed by atoms with Crippen molar-refractivity contribution in [3.63, 3.8) is 0 Å². The lowest BCUT2D eigenvalue weighted by Gasteiger charge is -2.23. The molecule has 3 rings (SSSR count). The van der Waals surface area contributed by atoms with E-state index in [1.54, 1.807) is 18.1 Å². The number of aromatic amines is 1. The molecule has 8 heteroatoms. The standard InChI is InChI=1S/C19H22ClN5O2/c1-3-4-10-25-17(21)16(18(26)23-19(25)27)24(2)11-13-14(20)8-7-12-6-5-9-22-15(12)13/h5-9H,3-4,10-11,21H2,1-2H3,(H,23,26,27). The maximum Gasteiger partial charge on any atom is 0.330 e. The van der Waals surface area contributed by atoms with Gasteiger partial charge < -0.3 is 10.6 Å². The third-order valence-electron chi connectivity index (χ3n) is 4.55. The van der Waals surface area contributed by atoms with Crippen molar-refractivity contribution in [2.45, 2.75) is 32.9 Å². The lowest BCUT2D eigenvalue weighted by Crippen LogP contribution is -2.37. The van der Waals surface area contributed by atoms with Gasteiger partial charge in [-0.05, 0) is 18.6 Å². The zero-order valence-corrected chi connectivity index (χ0v) is 16.1. The van der Waals surface area contributed by atoms with E-state index in [1.807, 2.05) is 31.2 Å². The van der Waals surface area contributed by atoms with E-state index in [1.165, 1.54) is 4.57 Å². The Morgan fingerprint density at radius 3 is 2.81 bits per heavy atom. The van der Waals surface area contributed by atoms with Gasteiger partial charge in [0.15, 0.2) is 0 Å². The molecule has 0 saturated carbocycles. The minimum atomic E-state index is -0.517. The second-order valence-corrected chi connectivity index (χ2v) is 6.86. The van der Waals surface area contributed by atoms with Gasteiger partial charge in [-0.3, -0.25) is 19.3 Å². The molecule has 0 aliphatic carbocycles. The van der Waals surface area contributed by atoms with E-state index in [9.17, 15) is 9.59 Å². The summed E-state index contributed by atoms with van der Waals surface area (Å²) < 4.78 is 1.40. The minimum Gasteiger partial charge on any atom is -0.383 e. The van der Waals surface area contributed by atoms with Crippen molar-refractivity contribution >= 4 is 34.0 Å². The van der Waals surface area contributed by atoms with Crippen LogP contribution in [-0.4, -0.2) is 21.6 Å². The van der Waals surface area contributed by atoms with Crippen molar-refractivity contribution in [1.29, 1.82) is 0 Å². The number of nitrogen functional groups attached to an aromatic ring is 1. The van der Waals surface area contributed by atoms with Crippen molar-refractivity contribution in [1.82, 2.24) is 14.5 Å². The average molecular weight is 388 g/mol. The fraction of sp³-hybridized carbons (Fsp3) is 0.316. The third kappa shape index (κ3) is 3.68. The fourth-order valence-electron chi connectivity index (χ4n) is 3.13. The normalized spacial score (nSPS) is 11.1. The van der Waals surface area contributed by atoms with E-state index in [2.05, 4.69) is 9.97 Å². The number of hydrogen-bond donors (Lipinski definition) is 2. The number of hydrogen-bond acceptors (Lipinski definition) is 5. The highest BCUT2D eigenvalue weighted by molar-refractivity contribution is 6.32. The number of pyridine rings is 1. The molecule has 142 valence electrons. The van der Waals surface area contributed by atoms with Crippen LogP contribution in [-0.2, 0) is 13.1 Å². The minimum absolute atomic E-state index is 0.156. The van der Waals surface area contributed by atoms with Crippen LogP contribution in [0.4, 0.5) is 11.5 Å². The number of nitrogens with zero attached hydrogens (tertiary/aromatic N) is 3. The van der Waals surface area contributed by atoms with E-state index < -0.39 is 11.2 Å². The molecule has 1 aromatic carbocycles. The van der Waals surface area contributed by atoms with Crippen LogP contribution >= 0.6 is 11.6 Å². The second-order valence-electron chi connectivity index (χ2n) is 6.46. The summed E-state index contributed by atoms with van der Waals surface area (Å²) in [4.78, 5) is 33.0. The van der Waals surface area contributed by atoms with E-state index in [0.717, 1.165) is 29.3 Å². The number of halogens is 1. The molecule has 3 aromatic rings. The van der Waals surface area contributed by atoms with E-state index in [4.69, 9.17) is 17.3 Å². The number of anilines is 2. The van der Waals surface area contributed by atoms with Gasteiger partial charge in [0, 0.05) is 42.3 Å². The monoisotopic (exact) mass is 387 g/mol. The molecule has 0 aliphatic rings. The summed E-state index contributed by atoms with van der Waals surface area (Å²) in [7, 11) is 1.74. The zero-order chi connectivity index (χ0) is 19.6. The van der Waals surface area contributed by atoms with Crippen LogP contribution in [0, 0.1) is 0 Å². The Morgan fingerprint density at radius 1 is 1.30 bits per heavy atom. The number of rotatable bonds is 6. The highest BCUT2D eigenvalue weighted by Crippen LogP contribution is 2.27. The Morgan fingerprint density at radius 2 is 2.07 bits per heavy atom. The number of unbranched alkanes of at least 4 members (excludes halogenated alkanes) is 1. The number of nitrogens with one attached hydrogen (secondary N) is 1. The average Bonchev–Trinajstić information content (AvgIpc) is 2.63. The first kappa shape index (κ1) is 19.0. The van der Waals surface area contributed by atoms with Gasteiger partial charge in [-0.2, -0.15) is 0 Å². The number of fused-ring (bicyclic) bond motifs is 1. The van der Waals surface area contributed by atoms with Crippen molar-refractivity contribution in [2.24, 2.45) is 0 Å². The maximum atomic E-state index is 12.4. The number of nitrogens with two attached hydrogens (primary N) is 1. The SMILES string of the molecule is CCCCn1c(N)c(N(C)Cc2c(Cl)ccc3cccnc23)c(=O)[nH]c1=O. The van der Waals surface area contributed by atoms with Crippen LogP contribution < -0.4 is 21.9 Å². The van der Waals surface area contributed by atoms with Crippen LogP contribution in [0.5, 0.6) is 0 Å². The Hall–Kier alpha value is -2.80. The number of H-pyrrole nitrogens is 1. The highest BCUT2D eigenvalue weighted by Gasteiger charge is 2.18. The van der Waals surface area contributed by atoms with Gasteiger partial charge in [-0.15, -0.1) is 0 Å². The molecule has 27 heavy (non-hydrogen) atoms. The lowest BCUT2D eigenvalue weighted by atomic mass is 10.1. The second kappa shape index (κ2) is 7.84. The molecule has 0 atom stereocenters. The first-order valence-electron chi connectivity index (χ1n) is 8.79. The van der Waals surface area contributed by atoms with Gasteiger partial charge in [0.25, 0.3) is 5.56 Å². The molecule has 2 heterocycles. The largest absolute Gasteiger partial charge is 0.383 e. The number of benzene rings is 1. The van der Waals surface area contributed by atoms with Crippen molar-refractivity contribution in [2.75, 3.05) is 17.7 Å². The molecule has 7 nitrogen and oxygen atoms in total. The molecule has 0 radical (unpaired) electrons. The maximum absolute atomic E-state index is 12.4. The van der Waals surface area contributed by atoms with Crippen molar-refractivity contribution in [3.8, 4) is 0 Å². The predicted molar refractivity (Wildman–Crippen MR) is 110 cm³/mol. The Bertz CT molecular complexity index is 1090. The van der Waals surface area contributed by atoms with Gasteiger partial charge in [0.1, 0.15) is 11.5 Å². The fourth-order valence-corrected chi connectivity index (χ4v) is 3.34. The first-order chi connectivity index (χ1) is 12.9. The summed E-state index contributed by atoms with van der Waals surface area (Å²) in [6.45, 7) is 2.80. The third-order valence-corrected chi connectivity index (χ3v) is 4.90. The molecule has 2 aromatic heterocycles. The van der Waals surface area contributed by atoms with E-state index >= 15 is 0 Å². The first-order valence-corrected chi connectivity index (χ1v) is 9.17. The van der Waals surface area contributed by atoms with E-state index in [0.29, 0.717) is 18.1 Å². The van der Waals surface area contributed by atoms with Crippen LogP contribution in [0.1, 0.15) is 25.3 Å². The molecule has 3 N–H and O–H groups in total. The van der Waals surface area contributed by atoms with Gasteiger partial charge >= 0.3 is 5.69 Å². The van der Waals surface area contributed by atoms with Crippen LogP contribution in [0.2, 0.25) is 5.02 Å². The van der Waals surface area contributed by atoms with Crippen LogP contribution in [0.15, 0.2) is 40.1 Å². The highest BCUT2D eigenvalue weighted by atomic mass is 35.5. The smallest absolute Gasteiger partial charge is 0.330 e. The van der Waals surface area contributed by atoms with Gasteiger partial charge in [-0.1, -0.05) is 37.1 Å². The van der Waals surface area contributed by atoms with Gasteiger partial charge in [0.05, 0.1) is 5.52 Å². The molecular weight excluding hydrogens is 366 g/mol. The summed E-state index contributed by atoms with van der Waals surface area (Å²) in [5.41, 5.74) is 6.98. The van der Waals surface area contributed by atoms with E-state index in [-0.39, 0.29) is 11.5 Å². The molecular formula is C19H22ClN5O2. The van der Waals surface area contributed by atoms with Crippen molar-refractivity contribution < 1.29 is 0 Å². The molecule has 0 spiro atoms. The summed E-state index contributed by atoms with van der Waals surface area (Å²) in [6, 6.07) is 7.52.